The Hall–Kier alpha value is -2.80. The molecule has 1 N–H and O–H groups in total. The van der Waals surface area contributed by atoms with Crippen molar-refractivity contribution in [1.82, 2.24) is 14.6 Å². The fourth-order valence-electron chi connectivity index (χ4n) is 6.09. The normalized spacial score (nSPS) is 20.3. The van der Waals surface area contributed by atoms with Crippen LogP contribution in [-0.2, 0) is 13.5 Å². The molecule has 198 valence electrons. The lowest BCUT2D eigenvalue weighted by Crippen LogP contribution is -2.41. The van der Waals surface area contributed by atoms with Crippen LogP contribution >= 0.6 is 23.2 Å². The lowest BCUT2D eigenvalue weighted by molar-refractivity contribution is 0.0699. The van der Waals surface area contributed by atoms with Gasteiger partial charge in [-0.25, -0.2) is 4.79 Å². The number of aromatic nitrogens is 2. The number of halogens is 2. The minimum Gasteiger partial charge on any atom is -0.478 e. The van der Waals surface area contributed by atoms with E-state index in [9.17, 15) is 9.90 Å². The van der Waals surface area contributed by atoms with Gasteiger partial charge in [-0.3, -0.25) is 0 Å². The van der Waals surface area contributed by atoms with E-state index in [-0.39, 0.29) is 0 Å². The molecule has 0 amide bonds. The van der Waals surface area contributed by atoms with Gasteiger partial charge in [-0.1, -0.05) is 46.6 Å². The highest BCUT2D eigenvalue weighted by atomic mass is 35.5. The molecule has 2 aliphatic rings. The Labute approximate surface area is 232 Å². The molecule has 1 aliphatic carbocycles. The molecule has 6 rings (SSSR count). The first-order valence-electron chi connectivity index (χ1n) is 13.3. The Morgan fingerprint density at radius 3 is 2.58 bits per heavy atom. The predicted octanol–water partition coefficient (Wildman–Crippen LogP) is 7.53. The van der Waals surface area contributed by atoms with Gasteiger partial charge in [-0.2, -0.15) is 0 Å². The first kappa shape index (κ1) is 25.5. The first-order valence-corrected chi connectivity index (χ1v) is 14.1. The number of likely N-dealkylation sites (tertiary alicyclic amines) is 1. The second-order valence-electron chi connectivity index (χ2n) is 10.8. The van der Waals surface area contributed by atoms with E-state index >= 15 is 0 Å². The predicted molar refractivity (Wildman–Crippen MR) is 151 cm³/mol. The number of nitrogens with zero attached hydrogens (tertiary/aromatic N) is 3. The van der Waals surface area contributed by atoms with Gasteiger partial charge in [0, 0.05) is 53.8 Å². The van der Waals surface area contributed by atoms with Crippen molar-refractivity contribution >= 4 is 40.1 Å². The summed E-state index contributed by atoms with van der Waals surface area (Å²) in [6.45, 7) is 4.23. The number of carbonyl (C=O) groups is 1. The largest absolute Gasteiger partial charge is 0.478 e. The minimum absolute atomic E-state index is 0.356. The van der Waals surface area contributed by atoms with Crippen LogP contribution in [0.15, 0.2) is 47.1 Å². The number of hydrogen-bond acceptors (Lipinski definition) is 4. The molecule has 0 radical (unpaired) electrons. The molecule has 6 nitrogen and oxygen atoms in total. The Morgan fingerprint density at radius 1 is 1.13 bits per heavy atom. The lowest BCUT2D eigenvalue weighted by atomic mass is 9.85. The van der Waals surface area contributed by atoms with Crippen molar-refractivity contribution in [2.24, 2.45) is 7.05 Å². The molecule has 1 aliphatic heterocycles. The molecule has 3 heterocycles. The summed E-state index contributed by atoms with van der Waals surface area (Å²) in [6, 6.07) is 12.2. The van der Waals surface area contributed by atoms with Crippen LogP contribution in [0.1, 0.15) is 71.7 Å². The maximum atomic E-state index is 11.6. The van der Waals surface area contributed by atoms with Crippen molar-refractivity contribution in [1.29, 1.82) is 0 Å². The number of hydrogen-bond donors (Lipinski definition) is 1. The van der Waals surface area contributed by atoms with Gasteiger partial charge in [0.05, 0.1) is 15.6 Å². The zero-order valence-corrected chi connectivity index (χ0v) is 23.1. The van der Waals surface area contributed by atoms with Crippen LogP contribution in [0.2, 0.25) is 10.0 Å². The molecule has 38 heavy (non-hydrogen) atoms. The summed E-state index contributed by atoms with van der Waals surface area (Å²) in [5.74, 6) is 1.01. The molecule has 2 atom stereocenters. The average molecular weight is 553 g/mol. The number of carboxylic acid groups (broad SMARTS) is 1. The standard InChI is InChI=1S/C30H31Cl2N3O3/c1-17-14-20(19-8-9-21-23(30(36)37)16-34(2)26(21)15-19)10-12-35(17)13-11-22-28(33-38-29(22)18-6-7-18)27-24(31)4-3-5-25(27)32/h3-5,8-9,15-18,20H,6-7,10-14H2,1-2H3,(H,36,37). The fourth-order valence-corrected chi connectivity index (χ4v) is 6.66. The lowest BCUT2D eigenvalue weighted by Gasteiger charge is -2.38. The summed E-state index contributed by atoms with van der Waals surface area (Å²) >= 11 is 13.1. The van der Waals surface area contributed by atoms with Crippen LogP contribution < -0.4 is 0 Å². The van der Waals surface area contributed by atoms with Crippen molar-refractivity contribution < 1.29 is 14.4 Å². The van der Waals surface area contributed by atoms with Gasteiger partial charge >= 0.3 is 5.97 Å². The van der Waals surface area contributed by atoms with Gasteiger partial charge in [-0.05, 0) is 75.3 Å². The number of rotatable bonds is 7. The van der Waals surface area contributed by atoms with Gasteiger partial charge in [0.25, 0.3) is 0 Å². The topological polar surface area (TPSA) is 71.5 Å². The van der Waals surface area contributed by atoms with Crippen LogP contribution in [-0.4, -0.2) is 44.8 Å². The van der Waals surface area contributed by atoms with Gasteiger partial charge < -0.3 is 19.1 Å². The summed E-state index contributed by atoms with van der Waals surface area (Å²) < 4.78 is 7.78. The van der Waals surface area contributed by atoms with Gasteiger partial charge in [0.15, 0.2) is 0 Å². The second kappa shape index (κ2) is 10.1. The number of aromatic carboxylic acids is 1. The number of carboxylic acids is 1. The molecule has 2 fully saturated rings. The molecule has 0 spiro atoms. The maximum absolute atomic E-state index is 11.6. The van der Waals surface area contributed by atoms with E-state index in [1.807, 2.05) is 35.9 Å². The van der Waals surface area contributed by atoms with Crippen LogP contribution in [0.25, 0.3) is 22.2 Å². The van der Waals surface area contributed by atoms with Crippen molar-refractivity contribution in [3.63, 3.8) is 0 Å². The summed E-state index contributed by atoms with van der Waals surface area (Å²) in [4.78, 5) is 14.2. The van der Waals surface area contributed by atoms with E-state index in [4.69, 9.17) is 27.7 Å². The van der Waals surface area contributed by atoms with Gasteiger partial charge in [0.1, 0.15) is 11.5 Å². The van der Waals surface area contributed by atoms with Gasteiger partial charge in [-0.15, -0.1) is 0 Å². The molecule has 1 saturated heterocycles. The average Bonchev–Trinajstić information content (AvgIpc) is 3.57. The van der Waals surface area contributed by atoms with E-state index < -0.39 is 5.97 Å². The van der Waals surface area contributed by atoms with Crippen molar-refractivity contribution in [3.05, 3.63) is 75.1 Å². The third kappa shape index (κ3) is 4.63. The van der Waals surface area contributed by atoms with Crippen molar-refractivity contribution in [2.45, 2.75) is 56.9 Å². The Kier molecular flexibility index (Phi) is 6.75. The van der Waals surface area contributed by atoms with E-state index in [1.165, 1.54) is 5.56 Å². The highest BCUT2D eigenvalue weighted by Crippen LogP contribution is 2.46. The van der Waals surface area contributed by atoms with Crippen molar-refractivity contribution in [3.8, 4) is 11.3 Å². The summed E-state index contributed by atoms with van der Waals surface area (Å²) in [5.41, 5.74) is 5.29. The van der Waals surface area contributed by atoms with E-state index in [2.05, 4.69) is 29.1 Å². The highest BCUT2D eigenvalue weighted by Gasteiger charge is 2.34. The smallest absolute Gasteiger partial charge is 0.337 e. The van der Waals surface area contributed by atoms with Gasteiger partial charge in [0.2, 0.25) is 0 Å². The number of fused-ring (bicyclic) bond motifs is 1. The molecule has 2 aromatic heterocycles. The monoisotopic (exact) mass is 551 g/mol. The molecule has 8 heteroatoms. The third-order valence-corrected chi connectivity index (χ3v) is 8.98. The first-order chi connectivity index (χ1) is 18.3. The number of benzene rings is 2. The Bertz CT molecular complexity index is 1500. The van der Waals surface area contributed by atoms with Crippen molar-refractivity contribution in [2.75, 3.05) is 13.1 Å². The van der Waals surface area contributed by atoms with Crippen LogP contribution in [0, 0.1) is 0 Å². The molecule has 4 aromatic rings. The molecule has 1 saturated carbocycles. The molecular weight excluding hydrogens is 521 g/mol. The minimum atomic E-state index is -0.886. The molecular formula is C30H31Cl2N3O3. The van der Waals surface area contributed by atoms with Crippen LogP contribution in [0.5, 0.6) is 0 Å². The zero-order chi connectivity index (χ0) is 26.6. The Balaban J connectivity index is 1.18. The quantitative estimate of drug-likeness (QED) is 0.257. The summed E-state index contributed by atoms with van der Waals surface area (Å²) in [5, 5.41) is 15.9. The van der Waals surface area contributed by atoms with E-state index in [0.29, 0.717) is 33.5 Å². The molecule has 0 bridgehead atoms. The third-order valence-electron chi connectivity index (χ3n) is 8.35. The number of piperidine rings is 1. The Morgan fingerprint density at radius 2 is 1.89 bits per heavy atom. The second-order valence-corrected chi connectivity index (χ2v) is 11.7. The maximum Gasteiger partial charge on any atom is 0.337 e. The van der Waals surface area contributed by atoms with Crippen LogP contribution in [0.4, 0.5) is 0 Å². The number of aryl methyl sites for hydroxylation is 1. The van der Waals surface area contributed by atoms with E-state index in [1.54, 1.807) is 6.20 Å². The zero-order valence-electron chi connectivity index (χ0n) is 21.6. The van der Waals surface area contributed by atoms with Crippen LogP contribution in [0.3, 0.4) is 0 Å². The fraction of sp³-hybridized carbons (Fsp3) is 0.400. The highest BCUT2D eigenvalue weighted by molar-refractivity contribution is 6.39. The summed E-state index contributed by atoms with van der Waals surface area (Å²) in [6.07, 6.45) is 6.94. The SMILES string of the molecule is CC1CC(c2ccc3c(C(=O)O)cn(C)c3c2)CCN1CCc1c(-c2c(Cl)cccc2Cl)noc1C1CC1. The van der Waals surface area contributed by atoms with E-state index in [0.717, 1.165) is 78.7 Å². The molecule has 2 aromatic carbocycles. The molecule has 2 unspecified atom stereocenters. The summed E-state index contributed by atoms with van der Waals surface area (Å²) in [7, 11) is 1.91.